The van der Waals surface area contributed by atoms with Crippen LogP contribution in [0.25, 0.3) is 0 Å². The molecule has 0 aromatic heterocycles. The van der Waals surface area contributed by atoms with E-state index in [0.717, 1.165) is 9.87 Å². The van der Waals surface area contributed by atoms with Crippen molar-refractivity contribution in [2.24, 2.45) is 5.73 Å². The number of carbonyl (C=O) groups excluding carboxylic acids is 1. The largest absolute Gasteiger partial charge is 0.465 e. The van der Waals surface area contributed by atoms with Crippen LogP contribution in [0.3, 0.4) is 0 Å². The first kappa shape index (κ1) is 21.5. The van der Waals surface area contributed by atoms with Crippen molar-refractivity contribution in [2.75, 3.05) is 13.2 Å². The number of nitrogens with zero attached hydrogens (tertiary/aromatic N) is 1. The molecule has 0 aliphatic carbocycles. The molecule has 0 spiro atoms. The first-order valence-electron chi connectivity index (χ1n) is 8.16. The summed E-state index contributed by atoms with van der Waals surface area (Å²) in [7, 11) is -4.02. The van der Waals surface area contributed by atoms with Crippen molar-refractivity contribution < 1.29 is 22.3 Å². The van der Waals surface area contributed by atoms with Crippen molar-refractivity contribution in [3.8, 4) is 0 Å². The van der Waals surface area contributed by atoms with Gasteiger partial charge in [-0.05, 0) is 48.4 Å². The molecule has 0 bridgehead atoms. The number of ether oxygens (including phenoxy) is 1. The summed E-state index contributed by atoms with van der Waals surface area (Å²) in [5.41, 5.74) is 6.71. The number of hydrogen-bond donors (Lipinski definition) is 1. The van der Waals surface area contributed by atoms with Gasteiger partial charge in [-0.1, -0.05) is 28.1 Å². The predicted molar refractivity (Wildman–Crippen MR) is 103 cm³/mol. The molecule has 0 unspecified atom stereocenters. The average Bonchev–Trinajstić information content (AvgIpc) is 2.64. The minimum absolute atomic E-state index is 0.0107. The van der Waals surface area contributed by atoms with Gasteiger partial charge in [0.05, 0.1) is 11.5 Å². The Labute approximate surface area is 166 Å². The molecule has 2 rings (SSSR count). The summed E-state index contributed by atoms with van der Waals surface area (Å²) >= 11 is 3.28. The zero-order valence-electron chi connectivity index (χ0n) is 14.7. The summed E-state index contributed by atoms with van der Waals surface area (Å²) in [5.74, 6) is -1.19. The molecule has 0 heterocycles. The lowest BCUT2D eigenvalue weighted by Crippen LogP contribution is -2.36. The third-order valence-electron chi connectivity index (χ3n) is 3.76. The molecule has 0 atom stereocenters. The molecule has 0 aliphatic rings. The predicted octanol–water partition coefficient (Wildman–Crippen LogP) is 2.80. The van der Waals surface area contributed by atoms with Crippen LogP contribution in [0.15, 0.2) is 51.8 Å². The number of carbonyl (C=O) groups is 1. The molecule has 0 aliphatic heterocycles. The maximum Gasteiger partial charge on any atom is 0.321 e. The van der Waals surface area contributed by atoms with Crippen LogP contribution in [-0.2, 0) is 32.6 Å². The van der Waals surface area contributed by atoms with Gasteiger partial charge in [0.1, 0.15) is 12.4 Å². The minimum Gasteiger partial charge on any atom is -0.465 e. The topological polar surface area (TPSA) is 89.7 Å². The van der Waals surface area contributed by atoms with E-state index < -0.39 is 28.4 Å². The monoisotopic (exact) mass is 458 g/mol. The number of hydrogen-bond acceptors (Lipinski definition) is 5. The number of esters is 1. The summed E-state index contributed by atoms with van der Waals surface area (Å²) in [6.45, 7) is 1.35. The smallest absolute Gasteiger partial charge is 0.321 e. The van der Waals surface area contributed by atoms with Crippen LogP contribution in [0, 0.1) is 5.82 Å². The quantitative estimate of drug-likeness (QED) is 0.614. The minimum atomic E-state index is -4.02. The summed E-state index contributed by atoms with van der Waals surface area (Å²) < 4.78 is 46.1. The van der Waals surface area contributed by atoms with Crippen LogP contribution in [0.1, 0.15) is 18.1 Å². The number of sulfonamides is 1. The molecular formula is C18H20BrFN2O4S. The van der Waals surface area contributed by atoms with Gasteiger partial charge in [-0.3, -0.25) is 4.79 Å². The van der Waals surface area contributed by atoms with E-state index in [1.807, 2.05) is 0 Å². The lowest BCUT2D eigenvalue weighted by atomic mass is 10.2. The molecule has 9 heteroatoms. The van der Waals surface area contributed by atoms with E-state index in [-0.39, 0.29) is 24.6 Å². The van der Waals surface area contributed by atoms with Crippen LogP contribution in [0.4, 0.5) is 4.39 Å². The number of nitrogens with two attached hydrogens (primary N) is 1. The van der Waals surface area contributed by atoms with Gasteiger partial charge in [0.2, 0.25) is 10.0 Å². The number of rotatable bonds is 8. The Balaban J connectivity index is 2.40. The van der Waals surface area contributed by atoms with Crippen LogP contribution in [0.2, 0.25) is 0 Å². The SMILES string of the molecule is CCOC(=O)CN(Cc1cc(F)ccc1Br)S(=O)(=O)c1ccc(CN)cc1. The van der Waals surface area contributed by atoms with Crippen molar-refractivity contribution in [1.29, 1.82) is 0 Å². The lowest BCUT2D eigenvalue weighted by Gasteiger charge is -2.22. The van der Waals surface area contributed by atoms with E-state index in [4.69, 9.17) is 10.5 Å². The Bertz CT molecular complexity index is 904. The van der Waals surface area contributed by atoms with E-state index in [9.17, 15) is 17.6 Å². The Morgan fingerprint density at radius 3 is 2.48 bits per heavy atom. The molecule has 0 saturated carbocycles. The third kappa shape index (κ3) is 5.58. The summed E-state index contributed by atoms with van der Waals surface area (Å²) in [5, 5.41) is 0. The van der Waals surface area contributed by atoms with Gasteiger partial charge >= 0.3 is 5.97 Å². The van der Waals surface area contributed by atoms with Crippen molar-refractivity contribution in [3.05, 3.63) is 63.9 Å². The first-order valence-corrected chi connectivity index (χ1v) is 10.4. The van der Waals surface area contributed by atoms with E-state index >= 15 is 0 Å². The zero-order chi connectivity index (χ0) is 20.0. The fraction of sp³-hybridized carbons (Fsp3) is 0.278. The second-order valence-corrected chi connectivity index (χ2v) is 8.45. The molecule has 2 aromatic carbocycles. The van der Waals surface area contributed by atoms with Crippen molar-refractivity contribution >= 4 is 31.9 Å². The fourth-order valence-corrected chi connectivity index (χ4v) is 4.11. The van der Waals surface area contributed by atoms with Gasteiger partial charge in [-0.25, -0.2) is 12.8 Å². The van der Waals surface area contributed by atoms with Crippen molar-refractivity contribution in [2.45, 2.75) is 24.9 Å². The van der Waals surface area contributed by atoms with Crippen molar-refractivity contribution in [1.82, 2.24) is 4.31 Å². The maximum atomic E-state index is 13.6. The highest BCUT2D eigenvalue weighted by Gasteiger charge is 2.28. The standard InChI is InChI=1S/C18H20BrFN2O4S/c1-2-26-18(23)12-22(11-14-9-15(20)5-8-17(14)19)27(24,25)16-6-3-13(10-21)4-7-16/h3-9H,2,10-12,21H2,1H3. The number of benzene rings is 2. The van der Waals surface area contributed by atoms with Gasteiger partial charge in [0, 0.05) is 17.6 Å². The molecule has 0 amide bonds. The summed E-state index contributed by atoms with van der Waals surface area (Å²) in [6.07, 6.45) is 0. The molecular weight excluding hydrogens is 439 g/mol. The Morgan fingerprint density at radius 1 is 1.22 bits per heavy atom. The van der Waals surface area contributed by atoms with Gasteiger partial charge in [0.15, 0.2) is 0 Å². The van der Waals surface area contributed by atoms with Gasteiger partial charge < -0.3 is 10.5 Å². The van der Waals surface area contributed by atoms with Crippen LogP contribution < -0.4 is 5.73 Å². The summed E-state index contributed by atoms with van der Waals surface area (Å²) in [6, 6.07) is 10.0. The average molecular weight is 459 g/mol. The van der Waals surface area contributed by atoms with Crippen LogP contribution >= 0.6 is 15.9 Å². The van der Waals surface area contributed by atoms with Gasteiger partial charge in [0.25, 0.3) is 0 Å². The third-order valence-corrected chi connectivity index (χ3v) is 6.34. The van der Waals surface area contributed by atoms with Crippen LogP contribution in [0.5, 0.6) is 0 Å². The lowest BCUT2D eigenvalue weighted by molar-refractivity contribution is -0.143. The first-order chi connectivity index (χ1) is 12.8. The Hall–Kier alpha value is -1.81. The molecule has 0 fully saturated rings. The molecule has 0 radical (unpaired) electrons. The summed E-state index contributed by atoms with van der Waals surface area (Å²) in [4.78, 5) is 12.0. The second-order valence-electron chi connectivity index (χ2n) is 5.66. The Kier molecular flexibility index (Phi) is 7.49. The maximum absolute atomic E-state index is 13.6. The Morgan fingerprint density at radius 2 is 1.89 bits per heavy atom. The van der Waals surface area contributed by atoms with E-state index in [1.54, 1.807) is 19.1 Å². The second kappa shape index (κ2) is 9.41. The van der Waals surface area contributed by atoms with Gasteiger partial charge in [-0.15, -0.1) is 0 Å². The van der Waals surface area contributed by atoms with Gasteiger partial charge in [-0.2, -0.15) is 4.31 Å². The fourth-order valence-electron chi connectivity index (χ4n) is 2.38. The van der Waals surface area contributed by atoms with E-state index in [0.29, 0.717) is 10.0 Å². The van der Waals surface area contributed by atoms with E-state index in [2.05, 4.69) is 15.9 Å². The molecule has 6 nitrogen and oxygen atoms in total. The van der Waals surface area contributed by atoms with E-state index in [1.165, 1.54) is 30.3 Å². The highest BCUT2D eigenvalue weighted by molar-refractivity contribution is 9.10. The molecule has 146 valence electrons. The van der Waals surface area contributed by atoms with Crippen LogP contribution in [-0.4, -0.2) is 31.8 Å². The zero-order valence-corrected chi connectivity index (χ0v) is 17.1. The molecule has 2 aromatic rings. The normalized spacial score (nSPS) is 11.6. The highest BCUT2D eigenvalue weighted by Crippen LogP contribution is 2.24. The van der Waals surface area contributed by atoms with Crippen molar-refractivity contribution in [3.63, 3.8) is 0 Å². The molecule has 27 heavy (non-hydrogen) atoms. The molecule has 0 saturated heterocycles. The molecule has 2 N–H and O–H groups in total. The number of halogens is 2. The highest BCUT2D eigenvalue weighted by atomic mass is 79.9.